The molecule has 5 aromatic rings. The number of hydrogen-bond acceptors (Lipinski definition) is 5. The van der Waals surface area contributed by atoms with Gasteiger partial charge in [-0.3, -0.25) is 9.78 Å². The van der Waals surface area contributed by atoms with Gasteiger partial charge in [0.2, 0.25) is 0 Å². The summed E-state index contributed by atoms with van der Waals surface area (Å²) in [5, 5.41) is 3.81. The number of nitrogens with one attached hydrogen (secondary N) is 1. The van der Waals surface area contributed by atoms with Crippen molar-refractivity contribution in [3.05, 3.63) is 126 Å². The van der Waals surface area contributed by atoms with E-state index in [2.05, 4.69) is 15.3 Å². The number of nitrogens with zero attached hydrogens (tertiary/aromatic N) is 2. The number of pyridine rings is 1. The van der Waals surface area contributed by atoms with Gasteiger partial charge >= 0.3 is 0 Å². The Kier molecular flexibility index (Phi) is 7.44. The number of para-hydroxylation sites is 1. The highest BCUT2D eigenvalue weighted by Crippen LogP contribution is 2.38. The van der Waals surface area contributed by atoms with Gasteiger partial charge in [-0.1, -0.05) is 66.7 Å². The van der Waals surface area contributed by atoms with Crippen LogP contribution >= 0.6 is 11.3 Å². The van der Waals surface area contributed by atoms with Crippen LogP contribution < -0.4 is 10.1 Å². The molecule has 0 bridgehead atoms. The minimum absolute atomic E-state index is 0.120. The second-order valence-electron chi connectivity index (χ2n) is 8.17. The summed E-state index contributed by atoms with van der Waals surface area (Å²) < 4.78 is 6.14. The molecule has 5 nitrogen and oxygen atoms in total. The molecule has 0 fully saturated rings. The van der Waals surface area contributed by atoms with Crippen LogP contribution in [0, 0.1) is 0 Å². The lowest BCUT2D eigenvalue weighted by atomic mass is 10.1. The smallest absolute Gasteiger partial charge is 0.252 e. The van der Waals surface area contributed by atoms with Crippen LogP contribution in [0.1, 0.15) is 21.6 Å². The first-order valence-electron chi connectivity index (χ1n) is 11.8. The first-order chi connectivity index (χ1) is 17.8. The van der Waals surface area contributed by atoms with E-state index in [4.69, 9.17) is 4.74 Å². The molecule has 178 valence electrons. The Balaban J connectivity index is 1.32. The van der Waals surface area contributed by atoms with Gasteiger partial charge in [0.1, 0.15) is 17.4 Å². The van der Waals surface area contributed by atoms with Crippen LogP contribution in [0.25, 0.3) is 21.0 Å². The number of ether oxygens (including phenoxy) is 1. The molecule has 6 heteroatoms. The Morgan fingerprint density at radius 3 is 2.39 bits per heavy atom. The lowest BCUT2D eigenvalue weighted by Crippen LogP contribution is -2.26. The lowest BCUT2D eigenvalue weighted by Gasteiger charge is -2.10. The third kappa shape index (κ3) is 5.67. The fourth-order valence-corrected chi connectivity index (χ4v) is 4.85. The van der Waals surface area contributed by atoms with Gasteiger partial charge in [-0.05, 0) is 35.9 Å². The van der Waals surface area contributed by atoms with Gasteiger partial charge in [0.15, 0.2) is 0 Å². The van der Waals surface area contributed by atoms with E-state index in [1.54, 1.807) is 17.5 Å². The van der Waals surface area contributed by atoms with Crippen molar-refractivity contribution in [2.24, 2.45) is 0 Å². The third-order valence-corrected chi connectivity index (χ3v) is 6.75. The molecule has 0 atom stereocenters. The monoisotopic (exact) mass is 491 g/mol. The molecule has 1 N–H and O–H groups in total. The molecular formula is C30H25N3O2S. The highest BCUT2D eigenvalue weighted by Gasteiger charge is 2.17. The normalized spacial score (nSPS) is 10.7. The van der Waals surface area contributed by atoms with Crippen LogP contribution in [-0.2, 0) is 13.0 Å². The Bertz CT molecular complexity index is 1440. The first-order valence-corrected chi connectivity index (χ1v) is 12.6. The molecule has 0 radical (unpaired) electrons. The molecule has 0 saturated carbocycles. The first kappa shape index (κ1) is 23.5. The Labute approximate surface area is 214 Å². The van der Waals surface area contributed by atoms with E-state index < -0.39 is 0 Å². The zero-order valence-electron chi connectivity index (χ0n) is 19.6. The predicted molar refractivity (Wildman–Crippen MR) is 144 cm³/mol. The van der Waals surface area contributed by atoms with Crippen LogP contribution in [0.15, 0.2) is 109 Å². The van der Waals surface area contributed by atoms with Gasteiger partial charge < -0.3 is 10.1 Å². The molecule has 5 rings (SSSR count). The molecule has 2 aromatic heterocycles. The fourth-order valence-electron chi connectivity index (χ4n) is 3.87. The molecule has 0 saturated heterocycles. The summed E-state index contributed by atoms with van der Waals surface area (Å²) in [6.07, 6.45) is 4.29. The minimum Gasteiger partial charge on any atom is -0.488 e. The third-order valence-electron chi connectivity index (χ3n) is 5.69. The van der Waals surface area contributed by atoms with Crippen LogP contribution in [0.4, 0.5) is 0 Å². The molecule has 1 amide bonds. The number of rotatable bonds is 9. The maximum absolute atomic E-state index is 13.0. The van der Waals surface area contributed by atoms with Gasteiger partial charge in [0.05, 0.1) is 4.88 Å². The highest BCUT2D eigenvalue weighted by molar-refractivity contribution is 7.18. The average Bonchev–Trinajstić information content (AvgIpc) is 3.43. The van der Waals surface area contributed by atoms with Crippen molar-refractivity contribution in [2.75, 3.05) is 6.54 Å². The zero-order chi connectivity index (χ0) is 24.6. The van der Waals surface area contributed by atoms with Crippen LogP contribution in [-0.4, -0.2) is 22.4 Å². The van der Waals surface area contributed by atoms with Crippen molar-refractivity contribution in [2.45, 2.75) is 13.0 Å². The fraction of sp³-hybridized carbons (Fsp3) is 0.100. The van der Waals surface area contributed by atoms with Crippen LogP contribution in [0.3, 0.4) is 0 Å². The summed E-state index contributed by atoms with van der Waals surface area (Å²) >= 11 is 1.55. The summed E-state index contributed by atoms with van der Waals surface area (Å²) in [6, 6.07) is 31.4. The maximum Gasteiger partial charge on any atom is 0.252 e. The van der Waals surface area contributed by atoms with Crippen molar-refractivity contribution in [3.8, 4) is 26.8 Å². The van der Waals surface area contributed by atoms with Gasteiger partial charge in [0, 0.05) is 47.7 Å². The zero-order valence-corrected chi connectivity index (χ0v) is 20.4. The second-order valence-corrected chi connectivity index (χ2v) is 9.20. The maximum atomic E-state index is 13.0. The Morgan fingerprint density at radius 1 is 0.806 bits per heavy atom. The van der Waals surface area contributed by atoms with Crippen molar-refractivity contribution in [1.82, 2.24) is 15.3 Å². The molecule has 0 unspecified atom stereocenters. The van der Waals surface area contributed by atoms with Crippen molar-refractivity contribution in [1.29, 1.82) is 0 Å². The van der Waals surface area contributed by atoms with E-state index in [9.17, 15) is 4.79 Å². The molecule has 0 aliphatic heterocycles. The number of aromatic nitrogens is 2. The van der Waals surface area contributed by atoms with Gasteiger partial charge in [-0.15, -0.1) is 11.3 Å². The number of carbonyl (C=O) groups is 1. The number of amides is 1. The number of benzene rings is 3. The average molecular weight is 492 g/mol. The molecule has 36 heavy (non-hydrogen) atoms. The quantitative estimate of drug-likeness (QED) is 0.258. The molecular weight excluding hydrogens is 466 g/mol. The SMILES string of the molecule is O=C(NCCc1ccccn1)c1ccccc1-c1ncc(-c2ccccc2OCc2ccccc2)s1. The van der Waals surface area contributed by atoms with Crippen molar-refractivity contribution in [3.63, 3.8) is 0 Å². The lowest BCUT2D eigenvalue weighted by molar-refractivity contribution is 0.0954. The number of thiazole rings is 1. The summed E-state index contributed by atoms with van der Waals surface area (Å²) in [4.78, 5) is 23.0. The molecule has 0 aliphatic rings. The summed E-state index contributed by atoms with van der Waals surface area (Å²) in [5.41, 5.74) is 4.46. The second kappa shape index (κ2) is 11.4. The Hall–Kier alpha value is -4.29. The molecule has 3 aromatic carbocycles. The van der Waals surface area contributed by atoms with Crippen molar-refractivity contribution >= 4 is 17.2 Å². The summed E-state index contributed by atoms with van der Waals surface area (Å²) in [7, 11) is 0. The standard InChI is InChI=1S/C30H25N3O2S/c34-29(32-19-17-23-12-8-9-18-31-23)24-13-4-5-14-25(24)30-33-20-28(36-30)26-15-6-7-16-27(26)35-21-22-10-2-1-3-11-22/h1-16,18,20H,17,19,21H2,(H,32,34). The largest absolute Gasteiger partial charge is 0.488 e. The van der Waals surface area contributed by atoms with Crippen molar-refractivity contribution < 1.29 is 9.53 Å². The van der Waals surface area contributed by atoms with E-state index in [0.717, 1.165) is 38.0 Å². The minimum atomic E-state index is -0.120. The van der Waals surface area contributed by atoms with E-state index in [1.807, 2.05) is 103 Å². The van der Waals surface area contributed by atoms with E-state index in [0.29, 0.717) is 25.1 Å². The summed E-state index contributed by atoms with van der Waals surface area (Å²) in [6.45, 7) is 1.00. The van der Waals surface area contributed by atoms with Gasteiger partial charge in [-0.25, -0.2) is 4.98 Å². The van der Waals surface area contributed by atoms with E-state index in [-0.39, 0.29) is 5.91 Å². The molecule has 0 aliphatic carbocycles. The molecule has 2 heterocycles. The number of hydrogen-bond donors (Lipinski definition) is 1. The van der Waals surface area contributed by atoms with Crippen LogP contribution in [0.2, 0.25) is 0 Å². The van der Waals surface area contributed by atoms with Crippen LogP contribution in [0.5, 0.6) is 5.75 Å². The predicted octanol–water partition coefficient (Wildman–Crippen LogP) is 6.42. The number of carbonyl (C=O) groups excluding carboxylic acids is 1. The summed E-state index contributed by atoms with van der Waals surface area (Å²) in [5.74, 6) is 0.682. The Morgan fingerprint density at radius 2 is 1.56 bits per heavy atom. The highest BCUT2D eigenvalue weighted by atomic mass is 32.1. The molecule has 0 spiro atoms. The van der Waals surface area contributed by atoms with E-state index >= 15 is 0 Å². The van der Waals surface area contributed by atoms with Gasteiger partial charge in [-0.2, -0.15) is 0 Å². The van der Waals surface area contributed by atoms with Gasteiger partial charge in [0.25, 0.3) is 5.91 Å². The topological polar surface area (TPSA) is 64.1 Å². The van der Waals surface area contributed by atoms with E-state index in [1.165, 1.54) is 0 Å².